The van der Waals surface area contributed by atoms with Crippen molar-refractivity contribution in [1.29, 1.82) is 0 Å². The lowest BCUT2D eigenvalue weighted by Crippen LogP contribution is -2.16. The van der Waals surface area contributed by atoms with Crippen molar-refractivity contribution < 1.29 is 14.4 Å². The average Bonchev–Trinajstić information content (AvgIpc) is 3.22. The minimum absolute atomic E-state index is 0.304. The van der Waals surface area contributed by atoms with E-state index in [9.17, 15) is 4.79 Å². The molecule has 0 amide bonds. The summed E-state index contributed by atoms with van der Waals surface area (Å²) in [4.78, 5) is 15.4. The molecule has 1 fully saturated rings. The number of aliphatic carboxylic acids is 1. The van der Waals surface area contributed by atoms with Crippen molar-refractivity contribution in [2.75, 3.05) is 5.32 Å². The fourth-order valence-electron chi connectivity index (χ4n) is 3.94. The Bertz CT molecular complexity index is 897. The lowest BCUT2D eigenvalue weighted by atomic mass is 9.77. The van der Waals surface area contributed by atoms with Gasteiger partial charge >= 0.3 is 5.97 Å². The first-order valence-corrected chi connectivity index (χ1v) is 9.63. The van der Waals surface area contributed by atoms with Crippen LogP contribution in [0, 0.1) is 5.92 Å². The molecule has 28 heavy (non-hydrogen) atoms. The van der Waals surface area contributed by atoms with Crippen molar-refractivity contribution >= 4 is 17.5 Å². The molecule has 0 radical (unpaired) electrons. The third-order valence-corrected chi connectivity index (χ3v) is 5.46. The first-order valence-electron chi connectivity index (χ1n) is 9.63. The van der Waals surface area contributed by atoms with Crippen LogP contribution in [-0.4, -0.2) is 21.2 Å². The first kappa shape index (κ1) is 18.2. The Hall–Kier alpha value is -3.15. The second kappa shape index (κ2) is 8.25. The third-order valence-electron chi connectivity index (χ3n) is 5.46. The number of rotatable bonds is 6. The van der Waals surface area contributed by atoms with Crippen LogP contribution < -0.4 is 5.32 Å². The molecule has 1 aliphatic carbocycles. The Morgan fingerprint density at radius 2 is 1.86 bits per heavy atom. The van der Waals surface area contributed by atoms with Crippen LogP contribution >= 0.6 is 0 Å². The molecule has 6 nitrogen and oxygen atoms in total. The number of hydrogen-bond acceptors (Lipinski definition) is 5. The molecule has 1 aromatic carbocycles. The second-order valence-corrected chi connectivity index (χ2v) is 7.38. The summed E-state index contributed by atoms with van der Waals surface area (Å²) in [6, 6.07) is 14.3. The summed E-state index contributed by atoms with van der Waals surface area (Å²) in [5.74, 6) is 0.835. The molecule has 0 aliphatic heterocycles. The minimum Gasteiger partial charge on any atom is -0.481 e. The van der Waals surface area contributed by atoms with E-state index in [4.69, 9.17) is 9.63 Å². The number of benzene rings is 1. The van der Waals surface area contributed by atoms with E-state index in [-0.39, 0.29) is 0 Å². The van der Waals surface area contributed by atoms with E-state index in [1.807, 2.05) is 12.1 Å². The molecular formula is C22H23N3O3. The maximum Gasteiger partial charge on any atom is 0.303 e. The summed E-state index contributed by atoms with van der Waals surface area (Å²) in [6.45, 7) is 0. The third kappa shape index (κ3) is 4.39. The van der Waals surface area contributed by atoms with Gasteiger partial charge in [-0.2, -0.15) is 0 Å². The lowest BCUT2D eigenvalue weighted by molar-refractivity contribution is -0.138. The van der Waals surface area contributed by atoms with Crippen molar-refractivity contribution in [2.24, 2.45) is 5.92 Å². The Balaban J connectivity index is 1.37. The molecule has 4 rings (SSSR count). The van der Waals surface area contributed by atoms with Crippen molar-refractivity contribution in [1.82, 2.24) is 10.1 Å². The van der Waals surface area contributed by atoms with Crippen LogP contribution in [0.1, 0.15) is 43.6 Å². The first-order chi connectivity index (χ1) is 13.7. The number of nitrogens with one attached hydrogen (secondary N) is 1. The Morgan fingerprint density at radius 1 is 1.07 bits per heavy atom. The maximum atomic E-state index is 10.9. The summed E-state index contributed by atoms with van der Waals surface area (Å²) in [7, 11) is 0. The summed E-state index contributed by atoms with van der Waals surface area (Å²) in [6.07, 6.45) is 7.74. The van der Waals surface area contributed by atoms with Gasteiger partial charge in [0.15, 0.2) is 5.82 Å². The zero-order valence-electron chi connectivity index (χ0n) is 15.5. The highest BCUT2D eigenvalue weighted by atomic mass is 16.5. The van der Waals surface area contributed by atoms with Gasteiger partial charge in [-0.15, -0.1) is 0 Å². The Morgan fingerprint density at radius 3 is 2.46 bits per heavy atom. The predicted molar refractivity (Wildman–Crippen MR) is 106 cm³/mol. The number of nitrogens with zero attached hydrogens (tertiary/aromatic N) is 2. The van der Waals surface area contributed by atoms with Crippen LogP contribution in [0.5, 0.6) is 0 Å². The van der Waals surface area contributed by atoms with Crippen LogP contribution in [0.4, 0.5) is 11.5 Å². The molecular weight excluding hydrogens is 354 g/mol. The van der Waals surface area contributed by atoms with Gasteiger partial charge in [0.2, 0.25) is 0 Å². The molecule has 1 saturated carbocycles. The molecule has 144 valence electrons. The quantitative estimate of drug-likeness (QED) is 0.611. The predicted octanol–water partition coefficient (Wildman–Crippen LogP) is 5.23. The molecule has 2 N–H and O–H groups in total. The SMILES string of the molecule is O=C(O)CC1CCC(c2ccc(-c3ccc(Nc4ccon4)cn3)cc2)CC1. The fourth-order valence-corrected chi connectivity index (χ4v) is 3.94. The largest absolute Gasteiger partial charge is 0.481 e. The van der Waals surface area contributed by atoms with E-state index in [1.54, 1.807) is 12.3 Å². The van der Waals surface area contributed by atoms with Crippen LogP contribution in [0.15, 0.2) is 59.4 Å². The molecule has 1 aliphatic rings. The van der Waals surface area contributed by atoms with Gasteiger partial charge in [-0.05, 0) is 55.2 Å². The number of carboxylic acids is 1. The molecule has 0 saturated heterocycles. The van der Waals surface area contributed by atoms with Gasteiger partial charge in [0.25, 0.3) is 0 Å². The Kier molecular flexibility index (Phi) is 5.37. The highest BCUT2D eigenvalue weighted by molar-refractivity contribution is 5.67. The number of aromatic nitrogens is 2. The van der Waals surface area contributed by atoms with Crippen LogP contribution in [-0.2, 0) is 4.79 Å². The zero-order valence-corrected chi connectivity index (χ0v) is 15.5. The second-order valence-electron chi connectivity index (χ2n) is 7.38. The molecule has 3 aromatic rings. The topological polar surface area (TPSA) is 88.2 Å². The minimum atomic E-state index is -0.678. The molecule has 0 bridgehead atoms. The van der Waals surface area contributed by atoms with Gasteiger partial charge in [0.1, 0.15) is 6.26 Å². The Labute approximate surface area is 163 Å². The zero-order chi connectivity index (χ0) is 19.3. The van der Waals surface area contributed by atoms with Crippen LogP contribution in [0.2, 0.25) is 0 Å². The number of anilines is 2. The van der Waals surface area contributed by atoms with E-state index in [1.165, 1.54) is 11.8 Å². The van der Waals surface area contributed by atoms with E-state index in [0.717, 1.165) is 42.6 Å². The smallest absolute Gasteiger partial charge is 0.303 e. The number of hydrogen-bond donors (Lipinski definition) is 2. The van der Waals surface area contributed by atoms with Crippen molar-refractivity contribution in [3.8, 4) is 11.3 Å². The molecule has 6 heteroatoms. The van der Waals surface area contributed by atoms with Gasteiger partial charge in [0.05, 0.1) is 17.6 Å². The van der Waals surface area contributed by atoms with Crippen molar-refractivity contribution in [3.05, 3.63) is 60.5 Å². The molecule has 0 unspecified atom stereocenters. The van der Waals surface area contributed by atoms with Gasteiger partial charge in [0, 0.05) is 18.1 Å². The van der Waals surface area contributed by atoms with Crippen LogP contribution in [0.25, 0.3) is 11.3 Å². The monoisotopic (exact) mass is 377 g/mol. The summed E-state index contributed by atoms with van der Waals surface area (Å²) >= 11 is 0. The van der Waals surface area contributed by atoms with E-state index >= 15 is 0 Å². The highest BCUT2D eigenvalue weighted by Crippen LogP contribution is 2.37. The average molecular weight is 377 g/mol. The normalized spacial score (nSPS) is 19.3. The molecule has 0 atom stereocenters. The molecule has 2 aromatic heterocycles. The summed E-state index contributed by atoms with van der Waals surface area (Å²) < 4.78 is 4.80. The molecule has 0 spiro atoms. The van der Waals surface area contributed by atoms with E-state index in [0.29, 0.717) is 24.1 Å². The number of carboxylic acid groups (broad SMARTS) is 1. The van der Waals surface area contributed by atoms with E-state index < -0.39 is 5.97 Å². The van der Waals surface area contributed by atoms with Crippen molar-refractivity contribution in [2.45, 2.75) is 38.0 Å². The number of carbonyl (C=O) groups is 1. The number of pyridine rings is 1. The van der Waals surface area contributed by atoms with Gasteiger partial charge < -0.3 is 14.9 Å². The summed E-state index contributed by atoms with van der Waals surface area (Å²) in [5, 5.41) is 15.9. The standard InChI is InChI=1S/C22H23N3O3/c26-22(27)13-15-1-3-16(4-2-15)17-5-7-18(8-6-17)20-10-9-19(14-23-20)24-21-11-12-28-25-21/h5-12,14-16H,1-4,13H2,(H,24,25)(H,26,27). The van der Waals surface area contributed by atoms with Gasteiger partial charge in [-0.3, -0.25) is 9.78 Å². The van der Waals surface area contributed by atoms with E-state index in [2.05, 4.69) is 39.7 Å². The maximum absolute atomic E-state index is 10.9. The van der Waals surface area contributed by atoms with Crippen molar-refractivity contribution in [3.63, 3.8) is 0 Å². The fraction of sp³-hybridized carbons (Fsp3) is 0.318. The lowest BCUT2D eigenvalue weighted by Gasteiger charge is -2.28. The summed E-state index contributed by atoms with van der Waals surface area (Å²) in [5.41, 5.74) is 4.19. The van der Waals surface area contributed by atoms with Gasteiger partial charge in [-0.1, -0.05) is 29.4 Å². The van der Waals surface area contributed by atoms with Gasteiger partial charge in [-0.25, -0.2) is 0 Å². The molecule has 2 heterocycles. The van der Waals surface area contributed by atoms with Crippen LogP contribution in [0.3, 0.4) is 0 Å². The highest BCUT2D eigenvalue weighted by Gasteiger charge is 2.23.